The molecule has 1 unspecified atom stereocenters. The highest BCUT2D eigenvalue weighted by molar-refractivity contribution is 5.81. The van der Waals surface area contributed by atoms with E-state index in [-0.39, 0.29) is 17.9 Å². The molecule has 1 saturated carbocycles. The van der Waals surface area contributed by atoms with Crippen LogP contribution in [-0.2, 0) is 4.79 Å². The van der Waals surface area contributed by atoms with Crippen molar-refractivity contribution in [3.05, 3.63) is 0 Å². The number of hydrogen-bond acceptors (Lipinski definition) is 4. The van der Waals surface area contributed by atoms with Crippen LogP contribution in [0.1, 0.15) is 33.1 Å². The van der Waals surface area contributed by atoms with E-state index in [0.717, 1.165) is 12.8 Å². The van der Waals surface area contributed by atoms with E-state index in [1.807, 2.05) is 13.8 Å². The number of hydrazine groups is 1. The SMILES string of the molecule is CC(C)C(C(=O)NN)N(CCC#N)C1CC1. The summed E-state index contributed by atoms with van der Waals surface area (Å²) in [5.41, 5.74) is 2.22. The molecule has 5 nitrogen and oxygen atoms in total. The minimum absolute atomic E-state index is 0.153. The van der Waals surface area contributed by atoms with Crippen LogP contribution in [-0.4, -0.2) is 29.4 Å². The van der Waals surface area contributed by atoms with Gasteiger partial charge >= 0.3 is 0 Å². The third-order valence-corrected chi connectivity index (χ3v) is 2.90. The smallest absolute Gasteiger partial charge is 0.251 e. The molecule has 1 fully saturated rings. The minimum atomic E-state index is -0.217. The van der Waals surface area contributed by atoms with Crippen molar-refractivity contribution in [3.63, 3.8) is 0 Å². The molecule has 1 atom stereocenters. The van der Waals surface area contributed by atoms with E-state index in [9.17, 15) is 4.79 Å². The van der Waals surface area contributed by atoms with Gasteiger partial charge in [-0.3, -0.25) is 15.1 Å². The van der Waals surface area contributed by atoms with Crippen LogP contribution in [0.15, 0.2) is 0 Å². The Balaban J connectivity index is 2.71. The number of rotatable bonds is 6. The normalized spacial score (nSPS) is 17.2. The van der Waals surface area contributed by atoms with Gasteiger partial charge in [-0.1, -0.05) is 13.8 Å². The molecule has 0 aromatic carbocycles. The molecule has 5 heteroatoms. The highest BCUT2D eigenvalue weighted by Gasteiger charge is 2.38. The van der Waals surface area contributed by atoms with Gasteiger partial charge in [-0.15, -0.1) is 0 Å². The molecule has 0 spiro atoms. The largest absolute Gasteiger partial charge is 0.293 e. The fourth-order valence-electron chi connectivity index (χ4n) is 2.06. The molecule has 0 bridgehead atoms. The molecule has 16 heavy (non-hydrogen) atoms. The molecule has 0 radical (unpaired) electrons. The predicted molar refractivity (Wildman–Crippen MR) is 60.9 cm³/mol. The van der Waals surface area contributed by atoms with Gasteiger partial charge in [-0.2, -0.15) is 5.26 Å². The first-order valence-corrected chi connectivity index (χ1v) is 5.75. The summed E-state index contributed by atoms with van der Waals surface area (Å²) in [5.74, 6) is 5.25. The lowest BCUT2D eigenvalue weighted by Crippen LogP contribution is -2.52. The quantitative estimate of drug-likeness (QED) is 0.388. The van der Waals surface area contributed by atoms with E-state index in [1.165, 1.54) is 0 Å². The first kappa shape index (κ1) is 12.9. The van der Waals surface area contributed by atoms with Gasteiger partial charge in [0.25, 0.3) is 5.91 Å². The second-order valence-corrected chi connectivity index (χ2v) is 4.57. The van der Waals surface area contributed by atoms with Crippen molar-refractivity contribution in [2.75, 3.05) is 6.54 Å². The fraction of sp³-hybridized carbons (Fsp3) is 0.818. The highest BCUT2D eigenvalue weighted by atomic mass is 16.2. The molecule has 0 aromatic heterocycles. The van der Waals surface area contributed by atoms with E-state index in [4.69, 9.17) is 11.1 Å². The highest BCUT2D eigenvalue weighted by Crippen LogP contribution is 2.30. The van der Waals surface area contributed by atoms with Gasteiger partial charge in [0.1, 0.15) is 0 Å². The summed E-state index contributed by atoms with van der Waals surface area (Å²) in [6.45, 7) is 4.65. The lowest BCUT2D eigenvalue weighted by Gasteiger charge is -2.32. The second kappa shape index (κ2) is 5.83. The van der Waals surface area contributed by atoms with Crippen molar-refractivity contribution < 1.29 is 4.79 Å². The Bertz CT molecular complexity index is 280. The standard InChI is InChI=1S/C11H20N4O/c1-8(2)10(11(16)14-13)15(7-3-6-12)9-4-5-9/h8-10H,3-5,7,13H2,1-2H3,(H,14,16). The number of nitrogens with zero attached hydrogens (tertiary/aromatic N) is 2. The number of hydrogen-bond donors (Lipinski definition) is 2. The Labute approximate surface area is 96.6 Å². The van der Waals surface area contributed by atoms with Gasteiger partial charge in [-0.25, -0.2) is 5.84 Å². The van der Waals surface area contributed by atoms with Crippen LogP contribution < -0.4 is 11.3 Å². The van der Waals surface area contributed by atoms with Crippen molar-refractivity contribution in [1.29, 1.82) is 5.26 Å². The maximum atomic E-state index is 11.7. The molecular weight excluding hydrogens is 204 g/mol. The maximum Gasteiger partial charge on any atom is 0.251 e. The zero-order chi connectivity index (χ0) is 12.1. The number of carbonyl (C=O) groups is 1. The fourth-order valence-corrected chi connectivity index (χ4v) is 2.06. The Kier molecular flexibility index (Phi) is 4.71. The lowest BCUT2D eigenvalue weighted by molar-refractivity contribution is -0.128. The number of nitrogens with two attached hydrogens (primary N) is 1. The number of nitrogens with one attached hydrogen (secondary N) is 1. The predicted octanol–water partition coefficient (Wildman–Crippen LogP) is 0.379. The molecule has 0 aliphatic heterocycles. The van der Waals surface area contributed by atoms with Gasteiger partial charge in [-0.05, 0) is 18.8 Å². The van der Waals surface area contributed by atoms with E-state index in [1.54, 1.807) is 0 Å². The van der Waals surface area contributed by atoms with Crippen molar-refractivity contribution in [2.24, 2.45) is 11.8 Å². The lowest BCUT2D eigenvalue weighted by atomic mass is 10.0. The molecule has 1 aliphatic rings. The van der Waals surface area contributed by atoms with E-state index >= 15 is 0 Å². The third kappa shape index (κ3) is 3.19. The number of carbonyl (C=O) groups excluding carboxylic acids is 1. The number of amides is 1. The van der Waals surface area contributed by atoms with Crippen molar-refractivity contribution in [1.82, 2.24) is 10.3 Å². The van der Waals surface area contributed by atoms with Crippen LogP contribution in [0.2, 0.25) is 0 Å². The van der Waals surface area contributed by atoms with Gasteiger partial charge in [0.15, 0.2) is 0 Å². The summed E-state index contributed by atoms with van der Waals surface area (Å²) >= 11 is 0. The van der Waals surface area contributed by atoms with E-state index in [2.05, 4.69) is 16.4 Å². The molecule has 3 N–H and O–H groups in total. The van der Waals surface area contributed by atoms with Crippen LogP contribution in [0.5, 0.6) is 0 Å². The summed E-state index contributed by atoms with van der Waals surface area (Å²) in [7, 11) is 0. The zero-order valence-electron chi connectivity index (χ0n) is 9.94. The molecule has 1 amide bonds. The Morgan fingerprint density at radius 1 is 1.62 bits per heavy atom. The van der Waals surface area contributed by atoms with Gasteiger partial charge in [0.2, 0.25) is 0 Å². The average Bonchev–Trinajstić information content (AvgIpc) is 3.06. The van der Waals surface area contributed by atoms with Crippen molar-refractivity contribution in [2.45, 2.75) is 45.2 Å². The molecule has 1 aliphatic carbocycles. The zero-order valence-corrected chi connectivity index (χ0v) is 9.94. The van der Waals surface area contributed by atoms with Crippen LogP contribution in [0, 0.1) is 17.2 Å². The molecule has 0 aromatic rings. The van der Waals surface area contributed by atoms with E-state index in [0.29, 0.717) is 19.0 Å². The van der Waals surface area contributed by atoms with Crippen LogP contribution in [0.3, 0.4) is 0 Å². The van der Waals surface area contributed by atoms with Gasteiger partial charge in [0, 0.05) is 19.0 Å². The van der Waals surface area contributed by atoms with Gasteiger partial charge in [0.05, 0.1) is 12.1 Å². The average molecular weight is 224 g/mol. The third-order valence-electron chi connectivity index (χ3n) is 2.90. The first-order valence-electron chi connectivity index (χ1n) is 5.75. The van der Waals surface area contributed by atoms with E-state index < -0.39 is 0 Å². The Morgan fingerprint density at radius 3 is 2.62 bits per heavy atom. The Morgan fingerprint density at radius 2 is 2.25 bits per heavy atom. The first-order chi connectivity index (χ1) is 7.61. The topological polar surface area (TPSA) is 82.2 Å². The molecule has 1 rings (SSSR count). The summed E-state index contributed by atoms with van der Waals surface area (Å²) in [4.78, 5) is 13.9. The summed E-state index contributed by atoms with van der Waals surface area (Å²) < 4.78 is 0. The number of nitriles is 1. The minimum Gasteiger partial charge on any atom is -0.293 e. The second-order valence-electron chi connectivity index (χ2n) is 4.57. The molecular formula is C11H20N4O. The van der Waals surface area contributed by atoms with Crippen molar-refractivity contribution >= 4 is 5.91 Å². The van der Waals surface area contributed by atoms with Crippen LogP contribution >= 0.6 is 0 Å². The van der Waals surface area contributed by atoms with Crippen LogP contribution in [0.4, 0.5) is 0 Å². The monoisotopic (exact) mass is 224 g/mol. The molecule has 90 valence electrons. The Hall–Kier alpha value is -1.12. The van der Waals surface area contributed by atoms with Crippen LogP contribution in [0.25, 0.3) is 0 Å². The molecule has 0 saturated heterocycles. The summed E-state index contributed by atoms with van der Waals surface area (Å²) in [6.07, 6.45) is 2.69. The van der Waals surface area contributed by atoms with Crippen molar-refractivity contribution in [3.8, 4) is 6.07 Å². The maximum absolute atomic E-state index is 11.7. The molecule has 0 heterocycles. The van der Waals surface area contributed by atoms with Gasteiger partial charge < -0.3 is 0 Å². The summed E-state index contributed by atoms with van der Waals surface area (Å²) in [6, 6.07) is 2.37. The summed E-state index contributed by atoms with van der Waals surface area (Å²) in [5, 5.41) is 8.63.